The Morgan fingerprint density at radius 1 is 0.200 bits per heavy atom. The van der Waals surface area contributed by atoms with Gasteiger partial charge in [0.25, 0.3) is 0 Å². The number of fused-ring (bicyclic) bond motifs is 18. The fourth-order valence-corrected chi connectivity index (χ4v) is 23.6. The third kappa shape index (κ3) is 8.53. The molecule has 0 bridgehead atoms. The molecule has 90 heavy (non-hydrogen) atoms. The van der Waals surface area contributed by atoms with E-state index in [4.69, 9.17) is 0 Å². The van der Waals surface area contributed by atoms with Gasteiger partial charge in [0.05, 0.1) is 24.2 Å². The maximum absolute atomic E-state index is 3.14. The van der Waals surface area contributed by atoms with Gasteiger partial charge in [-0.3, -0.25) is 0 Å². The summed E-state index contributed by atoms with van der Waals surface area (Å²) in [6.45, 7) is 0. The fraction of sp³-hybridized carbons (Fsp3) is 0.429. The first-order valence-electron chi connectivity index (χ1n) is 36.0. The van der Waals surface area contributed by atoms with Crippen molar-refractivity contribution in [1.29, 1.82) is 0 Å². The summed E-state index contributed by atoms with van der Waals surface area (Å²) in [6, 6.07) is 90.7. The topological polar surface area (TPSA) is 22.8 Å². The zero-order chi connectivity index (χ0) is 59.0. The molecule has 6 nitrogen and oxygen atoms in total. The van der Waals surface area contributed by atoms with Gasteiger partial charge in [0.1, 0.15) is 0 Å². The summed E-state index contributed by atoms with van der Waals surface area (Å²) in [5, 5.41) is 5.70. The van der Waals surface area contributed by atoms with Gasteiger partial charge < -0.3 is 28.7 Å². The minimum Gasteiger partial charge on any atom is -0.361 e. The first-order chi connectivity index (χ1) is 44.7. The van der Waals surface area contributed by atoms with Crippen LogP contribution in [0.15, 0.2) is 218 Å². The highest BCUT2D eigenvalue weighted by Crippen LogP contribution is 2.65. The molecular weight excluding hydrogens is 1090 g/mol. The number of rotatable bonds is 6. The van der Waals surface area contributed by atoms with E-state index in [9.17, 15) is 0 Å². The zero-order valence-corrected chi connectivity index (χ0v) is 52.6. The molecule has 7 aliphatic carbocycles. The summed E-state index contributed by atoms with van der Waals surface area (Å²) in [5.74, 6) is 5.12. The number of hydrogen-bond donors (Lipinski definition) is 0. The van der Waals surface area contributed by atoms with Crippen LogP contribution in [0.25, 0.3) is 43.6 Å². The standard InChI is InChI=1S/C84H90N6/c1-5-25-55(26-6-1)85-77-41-21-23-43-79(77)87(57-29-9-3-10-30-57)83-53-71-69(51-81(83)85)61-47-45-59(89-73-37-17-13-33-63(73)64-34-14-18-38-74(64)89)49-67(61)68-50-60(90-75-39-19-15-35-65(75)66-36-16-20-40-76(66)90)46-48-62(68)70-52-82-84(54-72(70)71)88(58-31-11-4-12-32-58)80-44-24-22-42-78(80)86(82)56-27-7-2-8-28-56/h1-20,25-40,59-62,67-72,77-84H,21-24,41-54H2. The molecule has 6 heteroatoms. The molecule has 2 aliphatic heterocycles. The quantitative estimate of drug-likeness (QED) is 0.155. The second kappa shape index (κ2) is 22.2. The lowest BCUT2D eigenvalue weighted by atomic mass is 9.46. The van der Waals surface area contributed by atoms with E-state index in [2.05, 4.69) is 247 Å². The van der Waals surface area contributed by atoms with Crippen molar-refractivity contribution in [1.82, 2.24) is 9.13 Å². The Morgan fingerprint density at radius 2 is 0.433 bits per heavy atom. The Balaban J connectivity index is 0.825. The first kappa shape index (κ1) is 54.3. The Kier molecular flexibility index (Phi) is 13.4. The van der Waals surface area contributed by atoms with Gasteiger partial charge in [0, 0.05) is 103 Å². The van der Waals surface area contributed by atoms with Gasteiger partial charge in [-0.15, -0.1) is 0 Å². The van der Waals surface area contributed by atoms with Crippen LogP contribution in [0.2, 0.25) is 0 Å². The molecule has 2 saturated heterocycles. The first-order valence-corrected chi connectivity index (χ1v) is 36.0. The van der Waals surface area contributed by atoms with Gasteiger partial charge in [-0.2, -0.15) is 0 Å². The largest absolute Gasteiger partial charge is 0.361 e. The van der Waals surface area contributed by atoms with Crippen molar-refractivity contribution in [2.45, 2.75) is 176 Å². The van der Waals surface area contributed by atoms with Crippen molar-refractivity contribution in [3.8, 4) is 0 Å². The average molecular weight is 1180 g/mol. The molecular formula is C84H90N6. The number of nitrogens with zero attached hydrogens (tertiary/aromatic N) is 6. The van der Waals surface area contributed by atoms with Crippen molar-refractivity contribution in [3.05, 3.63) is 218 Å². The van der Waals surface area contributed by atoms with Gasteiger partial charge in [0.2, 0.25) is 0 Å². The third-order valence-electron chi connectivity index (χ3n) is 26.5. The van der Waals surface area contributed by atoms with Crippen molar-refractivity contribution in [2.75, 3.05) is 19.6 Å². The van der Waals surface area contributed by atoms with Gasteiger partial charge in [-0.1, -0.05) is 171 Å². The van der Waals surface area contributed by atoms with Gasteiger partial charge in [0.15, 0.2) is 0 Å². The number of aromatic nitrogens is 2. The lowest BCUT2D eigenvalue weighted by molar-refractivity contribution is -0.102. The van der Waals surface area contributed by atoms with Gasteiger partial charge in [-0.25, -0.2) is 0 Å². The van der Waals surface area contributed by atoms with Crippen LogP contribution in [0.3, 0.4) is 0 Å². The molecule has 10 aromatic rings. The average Bonchev–Trinajstić information content (AvgIpc) is 1.45. The van der Waals surface area contributed by atoms with Crippen LogP contribution >= 0.6 is 0 Å². The molecule has 0 amide bonds. The molecule has 9 aliphatic rings. The van der Waals surface area contributed by atoms with E-state index in [1.54, 1.807) is 0 Å². The van der Waals surface area contributed by atoms with E-state index in [1.807, 2.05) is 0 Å². The van der Waals surface area contributed by atoms with Crippen LogP contribution in [0.5, 0.6) is 0 Å². The molecule has 18 unspecified atom stereocenters. The summed E-state index contributed by atoms with van der Waals surface area (Å²) in [5.41, 5.74) is 11.7. The van der Waals surface area contributed by atoms with Crippen molar-refractivity contribution in [3.63, 3.8) is 0 Å². The molecule has 7 saturated carbocycles. The highest BCUT2D eigenvalue weighted by Gasteiger charge is 2.63. The van der Waals surface area contributed by atoms with Crippen molar-refractivity contribution < 1.29 is 0 Å². The predicted molar refractivity (Wildman–Crippen MR) is 374 cm³/mol. The normalized spacial score (nSPS) is 34.0. The molecule has 9 fully saturated rings. The maximum Gasteiger partial charge on any atom is 0.0500 e. The van der Waals surface area contributed by atoms with E-state index in [0.717, 1.165) is 0 Å². The lowest BCUT2D eigenvalue weighted by Gasteiger charge is -2.68. The highest BCUT2D eigenvalue weighted by atomic mass is 15.4. The third-order valence-corrected chi connectivity index (χ3v) is 26.5. The van der Waals surface area contributed by atoms with Crippen molar-refractivity contribution >= 4 is 66.4 Å². The molecule has 2 aromatic heterocycles. The molecule has 18 atom stereocenters. The van der Waals surface area contributed by atoms with Crippen LogP contribution in [0.1, 0.15) is 128 Å². The molecule has 0 spiro atoms. The maximum atomic E-state index is 3.14. The summed E-state index contributed by atoms with van der Waals surface area (Å²) >= 11 is 0. The summed E-state index contributed by atoms with van der Waals surface area (Å²) in [7, 11) is 0. The molecule has 4 heterocycles. The fourth-order valence-electron chi connectivity index (χ4n) is 23.6. The van der Waals surface area contributed by atoms with E-state index in [0.29, 0.717) is 108 Å². The Hall–Kier alpha value is -7.44. The van der Waals surface area contributed by atoms with Crippen LogP contribution < -0.4 is 19.6 Å². The summed E-state index contributed by atoms with van der Waals surface area (Å²) < 4.78 is 5.81. The SMILES string of the molecule is c1ccc(N2C3CCCCC3N(c3ccccc3)C3CC4C(CC32)C2CCC(n3c5ccccc5c5ccccc53)CC2C2CC(n3c5ccccc5c5ccccc53)CCC2C2CC3C(CC24)N(c2ccccc2)C2CCCCC2N3c2ccccc2)cc1. The number of benzene rings is 8. The monoisotopic (exact) mass is 1180 g/mol. The second-order valence-corrected chi connectivity index (χ2v) is 30.1. The molecule has 456 valence electrons. The van der Waals surface area contributed by atoms with Crippen LogP contribution in [-0.4, -0.2) is 57.5 Å². The molecule has 0 radical (unpaired) electrons. The van der Waals surface area contributed by atoms with Crippen LogP contribution in [0, 0.1) is 47.3 Å². The number of para-hydroxylation sites is 8. The van der Waals surface area contributed by atoms with E-state index in [1.165, 1.54) is 182 Å². The Morgan fingerprint density at radius 3 is 0.711 bits per heavy atom. The van der Waals surface area contributed by atoms with E-state index < -0.39 is 0 Å². The van der Waals surface area contributed by atoms with E-state index in [-0.39, 0.29) is 0 Å². The van der Waals surface area contributed by atoms with Gasteiger partial charge >= 0.3 is 0 Å². The summed E-state index contributed by atoms with van der Waals surface area (Å²) in [6.07, 6.45) is 23.4. The van der Waals surface area contributed by atoms with Gasteiger partial charge in [-0.05, 0) is 210 Å². The predicted octanol–water partition coefficient (Wildman–Crippen LogP) is 19.7. The van der Waals surface area contributed by atoms with E-state index >= 15 is 0 Å². The second-order valence-electron chi connectivity index (χ2n) is 30.1. The van der Waals surface area contributed by atoms with Crippen molar-refractivity contribution in [2.24, 2.45) is 47.3 Å². The number of piperazine rings is 2. The molecule has 8 aromatic carbocycles. The lowest BCUT2D eigenvalue weighted by Crippen LogP contribution is -2.74. The minimum atomic E-state index is 0.442. The smallest absolute Gasteiger partial charge is 0.0500 e. The molecule has 19 rings (SSSR count). The summed E-state index contributed by atoms with van der Waals surface area (Å²) in [4.78, 5) is 12.6. The van der Waals surface area contributed by atoms with Crippen LogP contribution in [0.4, 0.5) is 22.7 Å². The number of hydrogen-bond acceptors (Lipinski definition) is 4. The Labute approximate surface area is 533 Å². The zero-order valence-electron chi connectivity index (χ0n) is 52.6. The number of anilines is 4. The highest BCUT2D eigenvalue weighted by molar-refractivity contribution is 6.09. The molecule has 0 N–H and O–H groups in total. The minimum absolute atomic E-state index is 0.442. The van der Waals surface area contributed by atoms with Crippen LogP contribution in [-0.2, 0) is 0 Å². The Bertz CT molecular complexity index is 3820.